The number of imide groups is 1. The van der Waals surface area contributed by atoms with Crippen molar-refractivity contribution in [2.75, 3.05) is 4.90 Å². The molecule has 30 heavy (non-hydrogen) atoms. The van der Waals surface area contributed by atoms with E-state index < -0.39 is 6.04 Å². The molecule has 1 fully saturated rings. The lowest BCUT2D eigenvalue weighted by Gasteiger charge is -2.36. The molecule has 2 aliphatic heterocycles. The van der Waals surface area contributed by atoms with Gasteiger partial charge in [0.2, 0.25) is 0 Å². The van der Waals surface area contributed by atoms with Gasteiger partial charge in [-0.15, -0.1) is 0 Å². The third-order valence-electron chi connectivity index (χ3n) is 6.18. The Balaban J connectivity index is 1.56. The van der Waals surface area contributed by atoms with Crippen molar-refractivity contribution >= 4 is 28.5 Å². The molecule has 0 saturated carbocycles. The van der Waals surface area contributed by atoms with Crippen molar-refractivity contribution in [1.29, 1.82) is 0 Å². The lowest BCUT2D eigenvalue weighted by molar-refractivity contribution is -0.120. The first-order valence-electron chi connectivity index (χ1n) is 10.1. The van der Waals surface area contributed by atoms with Gasteiger partial charge >= 0.3 is 6.03 Å². The van der Waals surface area contributed by atoms with Crippen LogP contribution in [0.1, 0.15) is 22.9 Å². The van der Waals surface area contributed by atoms with Gasteiger partial charge in [0.15, 0.2) is 0 Å². The molecule has 0 spiro atoms. The first kappa shape index (κ1) is 17.0. The highest BCUT2D eigenvalue weighted by atomic mass is 16.2. The smallest absolute Gasteiger partial charge is 0.332 e. The maximum atomic E-state index is 13.6. The van der Waals surface area contributed by atoms with Gasteiger partial charge < -0.3 is 4.98 Å². The van der Waals surface area contributed by atoms with Crippen LogP contribution in [0.3, 0.4) is 0 Å². The molecule has 3 heterocycles. The molecule has 1 aromatic heterocycles. The monoisotopic (exact) mass is 393 g/mol. The van der Waals surface area contributed by atoms with Crippen LogP contribution in [0.2, 0.25) is 0 Å². The predicted molar refractivity (Wildman–Crippen MR) is 115 cm³/mol. The number of anilines is 1. The van der Waals surface area contributed by atoms with Crippen LogP contribution in [-0.4, -0.2) is 27.9 Å². The average Bonchev–Trinajstić information content (AvgIpc) is 3.28. The highest BCUT2D eigenvalue weighted by molar-refractivity contribution is 6.22. The van der Waals surface area contributed by atoms with Crippen molar-refractivity contribution in [1.82, 2.24) is 9.88 Å². The standard InChI is InChI=1S/C25H19N3O2/c29-24-21-15-19-18-13-7-8-14-20(18)26-22(19)23(16-9-3-1-4-10-16)28(21)25(30)27(24)17-11-5-2-6-12-17/h1-14,21,23,26H,15H2/t21-,23+/m1/s1. The Morgan fingerprint density at radius 1 is 0.800 bits per heavy atom. The lowest BCUT2D eigenvalue weighted by Crippen LogP contribution is -2.44. The fraction of sp³-hybridized carbons (Fsp3) is 0.120. The molecule has 2 aliphatic rings. The molecule has 3 aromatic carbocycles. The molecule has 0 aliphatic carbocycles. The number of carbonyl (C=O) groups excluding carboxylic acids is 2. The minimum atomic E-state index is -0.519. The molecule has 146 valence electrons. The van der Waals surface area contributed by atoms with Crippen LogP contribution in [0, 0.1) is 0 Å². The third kappa shape index (κ3) is 2.29. The summed E-state index contributed by atoms with van der Waals surface area (Å²) in [5.74, 6) is -0.164. The van der Waals surface area contributed by atoms with Gasteiger partial charge in [0.05, 0.1) is 5.69 Å². The highest BCUT2D eigenvalue weighted by Crippen LogP contribution is 2.44. The third-order valence-corrected chi connectivity index (χ3v) is 6.18. The van der Waals surface area contributed by atoms with Crippen LogP contribution in [0.25, 0.3) is 10.9 Å². The van der Waals surface area contributed by atoms with E-state index in [9.17, 15) is 9.59 Å². The number of H-pyrrole nitrogens is 1. The van der Waals surface area contributed by atoms with Crippen molar-refractivity contribution in [3.8, 4) is 0 Å². The molecular weight excluding hydrogens is 374 g/mol. The van der Waals surface area contributed by atoms with Gasteiger partial charge in [0.25, 0.3) is 5.91 Å². The van der Waals surface area contributed by atoms with E-state index in [0.29, 0.717) is 12.1 Å². The van der Waals surface area contributed by atoms with E-state index in [2.05, 4.69) is 11.1 Å². The summed E-state index contributed by atoms with van der Waals surface area (Å²) in [7, 11) is 0. The first-order valence-corrected chi connectivity index (χ1v) is 10.1. The summed E-state index contributed by atoms with van der Waals surface area (Å²) >= 11 is 0. The van der Waals surface area contributed by atoms with Gasteiger partial charge in [-0.05, 0) is 29.3 Å². The van der Waals surface area contributed by atoms with E-state index in [4.69, 9.17) is 0 Å². The summed E-state index contributed by atoms with van der Waals surface area (Å²) in [6.07, 6.45) is 0.511. The summed E-state index contributed by atoms with van der Waals surface area (Å²) in [6, 6.07) is 26.1. The fourth-order valence-electron chi connectivity index (χ4n) is 4.87. The number of benzene rings is 3. The largest absolute Gasteiger partial charge is 0.356 e. The van der Waals surface area contributed by atoms with Crippen LogP contribution in [0.4, 0.5) is 10.5 Å². The van der Waals surface area contributed by atoms with E-state index in [1.54, 1.807) is 17.0 Å². The number of para-hydroxylation sites is 2. The molecule has 1 saturated heterocycles. The number of amides is 3. The molecule has 3 amide bonds. The van der Waals surface area contributed by atoms with Crippen molar-refractivity contribution < 1.29 is 9.59 Å². The van der Waals surface area contributed by atoms with Crippen LogP contribution >= 0.6 is 0 Å². The predicted octanol–water partition coefficient (Wildman–Crippen LogP) is 4.65. The molecule has 2 atom stereocenters. The highest BCUT2D eigenvalue weighted by Gasteiger charge is 2.53. The second kappa shape index (κ2) is 6.32. The second-order valence-corrected chi connectivity index (χ2v) is 7.79. The van der Waals surface area contributed by atoms with Gasteiger partial charge in [0.1, 0.15) is 12.1 Å². The summed E-state index contributed by atoms with van der Waals surface area (Å²) in [5, 5.41) is 1.12. The van der Waals surface area contributed by atoms with E-state index in [0.717, 1.165) is 27.7 Å². The normalized spacial score (nSPS) is 20.5. The second-order valence-electron chi connectivity index (χ2n) is 7.79. The Labute approximate surface area is 173 Å². The van der Waals surface area contributed by atoms with Crippen molar-refractivity contribution in [3.63, 3.8) is 0 Å². The van der Waals surface area contributed by atoms with Crippen LogP contribution in [0.5, 0.6) is 0 Å². The number of urea groups is 1. The zero-order valence-corrected chi connectivity index (χ0v) is 16.2. The van der Waals surface area contributed by atoms with Crippen LogP contribution in [0.15, 0.2) is 84.9 Å². The Kier molecular flexibility index (Phi) is 3.59. The number of fused-ring (bicyclic) bond motifs is 4. The van der Waals surface area contributed by atoms with Crippen LogP contribution < -0.4 is 4.90 Å². The SMILES string of the molecule is O=C1[C@H]2Cc3c([nH]c4ccccc34)[C@H](c3ccccc3)N2C(=O)N1c1ccccc1. The molecule has 4 aromatic rings. The first-order chi connectivity index (χ1) is 14.7. The Morgan fingerprint density at radius 3 is 2.23 bits per heavy atom. The van der Waals surface area contributed by atoms with Crippen LogP contribution in [-0.2, 0) is 11.2 Å². The van der Waals surface area contributed by atoms with Gasteiger partial charge in [-0.1, -0.05) is 66.7 Å². The number of aromatic nitrogens is 1. The molecule has 6 rings (SSSR count). The average molecular weight is 393 g/mol. The quantitative estimate of drug-likeness (QED) is 0.504. The zero-order valence-electron chi connectivity index (χ0n) is 16.2. The summed E-state index contributed by atoms with van der Waals surface area (Å²) in [6.45, 7) is 0. The molecule has 0 bridgehead atoms. The van der Waals surface area contributed by atoms with Crippen molar-refractivity contribution in [3.05, 3.63) is 102 Å². The van der Waals surface area contributed by atoms with E-state index in [1.807, 2.05) is 66.7 Å². The Morgan fingerprint density at radius 2 is 1.47 bits per heavy atom. The van der Waals surface area contributed by atoms with Gasteiger partial charge in [-0.3, -0.25) is 9.69 Å². The molecule has 0 radical (unpaired) electrons. The topological polar surface area (TPSA) is 56.4 Å². The summed E-state index contributed by atoms with van der Waals surface area (Å²) < 4.78 is 0. The number of nitrogens with one attached hydrogen (secondary N) is 1. The maximum Gasteiger partial charge on any atom is 0.332 e. The number of hydrogen-bond acceptors (Lipinski definition) is 2. The molecule has 5 heteroatoms. The van der Waals surface area contributed by atoms with Crippen molar-refractivity contribution in [2.45, 2.75) is 18.5 Å². The van der Waals surface area contributed by atoms with E-state index in [1.165, 1.54) is 4.90 Å². The fourth-order valence-corrected chi connectivity index (χ4v) is 4.87. The number of rotatable bonds is 2. The van der Waals surface area contributed by atoms with E-state index >= 15 is 0 Å². The summed E-state index contributed by atoms with van der Waals surface area (Å²) in [4.78, 5) is 33.6. The van der Waals surface area contributed by atoms with E-state index in [-0.39, 0.29) is 18.0 Å². The maximum absolute atomic E-state index is 13.6. The summed E-state index contributed by atoms with van der Waals surface area (Å²) in [5.41, 5.74) is 4.75. The molecule has 5 nitrogen and oxygen atoms in total. The van der Waals surface area contributed by atoms with Crippen molar-refractivity contribution in [2.24, 2.45) is 0 Å². The molecule has 0 unspecified atom stereocenters. The van der Waals surface area contributed by atoms with Gasteiger partial charge in [-0.25, -0.2) is 9.69 Å². The Hall–Kier alpha value is -3.86. The lowest BCUT2D eigenvalue weighted by atomic mass is 9.89. The van der Waals surface area contributed by atoms with Gasteiger partial charge in [0, 0.05) is 23.0 Å². The minimum Gasteiger partial charge on any atom is -0.356 e. The number of carbonyl (C=O) groups is 2. The number of aromatic amines is 1. The molecule has 1 N–H and O–H groups in total. The zero-order chi connectivity index (χ0) is 20.2. The molecular formula is C25H19N3O2. The Bertz CT molecular complexity index is 1280. The van der Waals surface area contributed by atoms with Gasteiger partial charge in [-0.2, -0.15) is 0 Å². The number of hydrogen-bond donors (Lipinski definition) is 1. The number of nitrogens with zero attached hydrogens (tertiary/aromatic N) is 2. The minimum absolute atomic E-state index is 0.164.